The fourth-order valence-corrected chi connectivity index (χ4v) is 6.53. The van der Waals surface area contributed by atoms with Crippen LogP contribution in [0.3, 0.4) is 0 Å². The van der Waals surface area contributed by atoms with E-state index in [1.165, 1.54) is 27.3 Å². The number of carbonyl (C=O) groups is 1. The third-order valence-corrected chi connectivity index (χ3v) is 8.41. The highest BCUT2D eigenvalue weighted by Gasteiger charge is 2.28. The van der Waals surface area contributed by atoms with Gasteiger partial charge in [0.1, 0.15) is 16.3 Å². The largest absolute Gasteiger partial charge is 0.309 e. The van der Waals surface area contributed by atoms with E-state index >= 15 is 0 Å². The Morgan fingerprint density at radius 3 is 3.03 bits per heavy atom. The van der Waals surface area contributed by atoms with Gasteiger partial charge >= 0.3 is 0 Å². The number of nitrogens with zero attached hydrogens (tertiary/aromatic N) is 2. The number of aromatic nitrogens is 2. The van der Waals surface area contributed by atoms with Crippen molar-refractivity contribution in [2.24, 2.45) is 5.92 Å². The number of thiazole rings is 1. The van der Waals surface area contributed by atoms with Crippen LogP contribution in [0.5, 0.6) is 0 Å². The maximum Gasteiger partial charge on any atom is 0.138 e. The number of pyridine rings is 1. The highest BCUT2D eigenvalue weighted by Crippen LogP contribution is 2.44. The van der Waals surface area contributed by atoms with Crippen molar-refractivity contribution in [1.29, 1.82) is 0 Å². The van der Waals surface area contributed by atoms with E-state index in [1.54, 1.807) is 11.3 Å². The molecular formula is C23H29N3OS2. The van der Waals surface area contributed by atoms with Crippen molar-refractivity contribution >= 4 is 38.7 Å². The Labute approximate surface area is 180 Å². The molecule has 0 saturated carbocycles. The summed E-state index contributed by atoms with van der Waals surface area (Å²) in [6.07, 6.45) is 9.20. The normalized spacial score (nSPS) is 17.4. The van der Waals surface area contributed by atoms with Crippen LogP contribution >= 0.6 is 22.7 Å². The van der Waals surface area contributed by atoms with Crippen molar-refractivity contribution in [3.05, 3.63) is 33.8 Å². The zero-order valence-electron chi connectivity index (χ0n) is 17.5. The summed E-state index contributed by atoms with van der Waals surface area (Å²) in [6, 6.07) is 2.37. The molecule has 29 heavy (non-hydrogen) atoms. The van der Waals surface area contributed by atoms with Crippen molar-refractivity contribution < 1.29 is 4.79 Å². The molecule has 6 heteroatoms. The van der Waals surface area contributed by atoms with Gasteiger partial charge < -0.3 is 5.32 Å². The van der Waals surface area contributed by atoms with Gasteiger partial charge in [-0.1, -0.05) is 26.7 Å². The molecule has 0 aliphatic carbocycles. The molecule has 4 heterocycles. The third kappa shape index (κ3) is 4.44. The van der Waals surface area contributed by atoms with Gasteiger partial charge in [0, 0.05) is 40.4 Å². The fourth-order valence-electron chi connectivity index (χ4n) is 4.02. The van der Waals surface area contributed by atoms with Crippen LogP contribution in [0.4, 0.5) is 0 Å². The van der Waals surface area contributed by atoms with Gasteiger partial charge in [0.15, 0.2) is 0 Å². The summed E-state index contributed by atoms with van der Waals surface area (Å²) in [6.45, 7) is 7.69. The summed E-state index contributed by atoms with van der Waals surface area (Å²) in [5.74, 6) is 1.06. The maximum absolute atomic E-state index is 12.8. The number of carbonyl (C=O) groups excluding carboxylic acids is 1. The average molecular weight is 428 g/mol. The molecule has 4 nitrogen and oxygen atoms in total. The number of hydrogen-bond acceptors (Lipinski definition) is 6. The van der Waals surface area contributed by atoms with Crippen LogP contribution in [-0.2, 0) is 17.6 Å². The van der Waals surface area contributed by atoms with Crippen LogP contribution in [0.1, 0.15) is 67.8 Å². The first-order valence-corrected chi connectivity index (χ1v) is 12.3. The maximum atomic E-state index is 12.8. The molecule has 0 spiro atoms. The van der Waals surface area contributed by atoms with Crippen LogP contribution in [0, 0.1) is 5.92 Å². The Bertz CT molecular complexity index is 974. The van der Waals surface area contributed by atoms with E-state index in [4.69, 9.17) is 4.98 Å². The lowest BCUT2D eigenvalue weighted by Crippen LogP contribution is -2.26. The van der Waals surface area contributed by atoms with Gasteiger partial charge in [-0.2, -0.15) is 0 Å². The first-order valence-electron chi connectivity index (χ1n) is 10.7. The second-order valence-corrected chi connectivity index (χ2v) is 10.3. The predicted molar refractivity (Wildman–Crippen MR) is 123 cm³/mol. The Kier molecular flexibility index (Phi) is 6.42. The van der Waals surface area contributed by atoms with E-state index in [-0.39, 0.29) is 0 Å². The number of Topliss-reactive ketones (excluding diaryl/α,β-unsaturated/α-hetero) is 1. The molecule has 0 saturated heterocycles. The van der Waals surface area contributed by atoms with Gasteiger partial charge in [-0.25, -0.2) is 4.98 Å². The molecule has 1 aliphatic rings. The van der Waals surface area contributed by atoms with Crippen LogP contribution in [0.15, 0.2) is 18.5 Å². The van der Waals surface area contributed by atoms with Crippen LogP contribution in [0.25, 0.3) is 20.8 Å². The van der Waals surface area contributed by atoms with Crippen molar-refractivity contribution in [2.75, 3.05) is 6.54 Å². The average Bonchev–Trinajstić information content (AvgIpc) is 3.29. The summed E-state index contributed by atoms with van der Waals surface area (Å²) in [5.41, 5.74) is 3.57. The van der Waals surface area contributed by atoms with E-state index in [9.17, 15) is 4.79 Å². The summed E-state index contributed by atoms with van der Waals surface area (Å²) < 4.78 is 1.16. The molecule has 0 aromatic carbocycles. The minimum absolute atomic E-state index is 0.341. The second-order valence-electron chi connectivity index (χ2n) is 8.15. The monoisotopic (exact) mass is 427 g/mol. The van der Waals surface area contributed by atoms with Crippen molar-refractivity contribution in [1.82, 2.24) is 15.3 Å². The van der Waals surface area contributed by atoms with Gasteiger partial charge in [0.25, 0.3) is 0 Å². The van der Waals surface area contributed by atoms with E-state index in [0.717, 1.165) is 41.0 Å². The van der Waals surface area contributed by atoms with Crippen molar-refractivity contribution in [3.8, 4) is 10.6 Å². The highest BCUT2D eigenvalue weighted by atomic mass is 32.1. The number of fused-ring (bicyclic) bond motifs is 2. The number of hydrogen-bond donors (Lipinski definition) is 1. The SMILES string of the molecule is CC[C@H](C)CCCC(=O)Cc1sc2c(c1-c1nc3cnccc3s1)CCN[C@H]2C. The van der Waals surface area contributed by atoms with Crippen LogP contribution in [0.2, 0.25) is 0 Å². The second kappa shape index (κ2) is 9.02. The molecular weight excluding hydrogens is 398 g/mol. The van der Waals surface area contributed by atoms with Gasteiger partial charge in [0.05, 0.1) is 10.9 Å². The van der Waals surface area contributed by atoms with Crippen LogP contribution in [-0.4, -0.2) is 22.3 Å². The summed E-state index contributed by atoms with van der Waals surface area (Å²) in [4.78, 5) is 24.5. The van der Waals surface area contributed by atoms with Gasteiger partial charge in [0.2, 0.25) is 0 Å². The number of ketones is 1. The molecule has 4 rings (SSSR count). The standard InChI is InChI=1S/C23H29N3OS2/c1-4-14(2)6-5-7-16(27)12-20-21(17-8-11-25-15(3)22(17)28-20)23-26-18-13-24-10-9-19(18)29-23/h9-10,13-15,25H,4-8,11-12H2,1-3H3/t14-,15-/m0/s1. The predicted octanol–water partition coefficient (Wildman–Crippen LogP) is 5.95. The third-order valence-electron chi connectivity index (χ3n) is 5.94. The van der Waals surface area contributed by atoms with E-state index in [2.05, 4.69) is 31.1 Å². The molecule has 0 amide bonds. The molecule has 1 aliphatic heterocycles. The molecule has 3 aromatic rings. The quantitative estimate of drug-likeness (QED) is 0.482. The minimum atomic E-state index is 0.341. The molecule has 2 atom stereocenters. The molecule has 0 unspecified atom stereocenters. The number of nitrogens with one attached hydrogen (secondary N) is 1. The first-order chi connectivity index (χ1) is 14.1. The first kappa shape index (κ1) is 20.6. The van der Waals surface area contributed by atoms with Gasteiger partial charge in [-0.3, -0.25) is 9.78 Å². The number of rotatable bonds is 8. The summed E-state index contributed by atoms with van der Waals surface area (Å²) in [7, 11) is 0. The summed E-state index contributed by atoms with van der Waals surface area (Å²) in [5, 5.41) is 4.61. The minimum Gasteiger partial charge on any atom is -0.309 e. The van der Waals surface area contributed by atoms with Gasteiger partial charge in [-0.15, -0.1) is 22.7 Å². The van der Waals surface area contributed by atoms with Gasteiger partial charge in [-0.05, 0) is 43.9 Å². The number of thiophene rings is 1. The fraction of sp³-hybridized carbons (Fsp3) is 0.522. The molecule has 154 valence electrons. The molecule has 0 radical (unpaired) electrons. The molecule has 0 bridgehead atoms. The molecule has 1 N–H and O–H groups in total. The smallest absolute Gasteiger partial charge is 0.138 e. The topological polar surface area (TPSA) is 54.9 Å². The zero-order chi connectivity index (χ0) is 20.4. The van der Waals surface area contributed by atoms with Crippen molar-refractivity contribution in [2.45, 2.75) is 65.3 Å². The highest BCUT2D eigenvalue weighted by molar-refractivity contribution is 7.22. The van der Waals surface area contributed by atoms with Crippen molar-refractivity contribution in [3.63, 3.8) is 0 Å². The van der Waals surface area contributed by atoms with Crippen LogP contribution < -0.4 is 5.32 Å². The summed E-state index contributed by atoms with van der Waals surface area (Å²) >= 11 is 3.53. The van der Waals surface area contributed by atoms with E-state index < -0.39 is 0 Å². The lowest BCUT2D eigenvalue weighted by molar-refractivity contribution is -0.118. The van der Waals surface area contributed by atoms with E-state index in [0.29, 0.717) is 30.6 Å². The molecule has 0 fully saturated rings. The Morgan fingerprint density at radius 1 is 1.38 bits per heavy atom. The Balaban J connectivity index is 1.64. The molecule has 3 aromatic heterocycles. The lowest BCUT2D eigenvalue weighted by Gasteiger charge is -2.20. The lowest BCUT2D eigenvalue weighted by atomic mass is 9.96. The Morgan fingerprint density at radius 2 is 2.24 bits per heavy atom. The Hall–Kier alpha value is -1.63. The zero-order valence-corrected chi connectivity index (χ0v) is 19.1. The van der Waals surface area contributed by atoms with E-state index in [1.807, 2.05) is 29.8 Å².